The summed E-state index contributed by atoms with van der Waals surface area (Å²) in [6.45, 7) is 0.261. The summed E-state index contributed by atoms with van der Waals surface area (Å²) in [6, 6.07) is 3.90. The summed E-state index contributed by atoms with van der Waals surface area (Å²) >= 11 is 0. The summed E-state index contributed by atoms with van der Waals surface area (Å²) in [4.78, 5) is 11.3. The molecule has 0 aliphatic heterocycles. The Morgan fingerprint density at radius 2 is 2.14 bits per heavy atom. The molecular weight excluding hydrogens is 296 g/mol. The van der Waals surface area contributed by atoms with E-state index in [4.69, 9.17) is 5.73 Å². The number of benzene rings is 1. The van der Waals surface area contributed by atoms with Crippen LogP contribution in [0.2, 0.25) is 0 Å². The third-order valence-electron chi connectivity index (χ3n) is 3.49. The number of methoxy groups -OCH3 is 1. The lowest BCUT2D eigenvalue weighted by molar-refractivity contribution is 0.0453. The number of nitrogens with one attached hydrogen (secondary N) is 1. The highest BCUT2D eigenvalue weighted by atomic mass is 32.2. The van der Waals surface area contributed by atoms with Crippen LogP contribution in [-0.2, 0) is 14.8 Å². The number of carbonyl (C=O) groups excluding carboxylic acids is 1. The fraction of sp³-hybridized carbons (Fsp3) is 0.462. The third kappa shape index (κ3) is 3.52. The van der Waals surface area contributed by atoms with E-state index in [1.807, 2.05) is 0 Å². The third-order valence-corrected chi connectivity index (χ3v) is 4.99. The van der Waals surface area contributed by atoms with Crippen molar-refractivity contribution in [2.75, 3.05) is 19.4 Å². The van der Waals surface area contributed by atoms with Gasteiger partial charge in [-0.1, -0.05) is 0 Å². The van der Waals surface area contributed by atoms with Gasteiger partial charge in [0.25, 0.3) is 0 Å². The predicted molar refractivity (Wildman–Crippen MR) is 76.1 cm³/mol. The van der Waals surface area contributed by atoms with Gasteiger partial charge < -0.3 is 15.6 Å². The average molecular weight is 314 g/mol. The van der Waals surface area contributed by atoms with Crippen molar-refractivity contribution in [2.45, 2.75) is 23.8 Å². The van der Waals surface area contributed by atoms with E-state index in [2.05, 4.69) is 9.46 Å². The fourth-order valence-electron chi connectivity index (χ4n) is 2.21. The lowest BCUT2D eigenvalue weighted by Gasteiger charge is -2.31. The van der Waals surface area contributed by atoms with Gasteiger partial charge >= 0.3 is 5.97 Å². The first-order chi connectivity index (χ1) is 9.83. The molecule has 1 aliphatic carbocycles. The first-order valence-electron chi connectivity index (χ1n) is 6.49. The van der Waals surface area contributed by atoms with Crippen LogP contribution in [0.4, 0.5) is 5.69 Å². The Balaban J connectivity index is 2.10. The van der Waals surface area contributed by atoms with Crippen molar-refractivity contribution >= 4 is 21.7 Å². The number of carbonyl (C=O) groups is 1. The molecule has 1 aromatic carbocycles. The highest BCUT2D eigenvalue weighted by Gasteiger charge is 2.29. The summed E-state index contributed by atoms with van der Waals surface area (Å²) in [7, 11) is -2.50. The highest BCUT2D eigenvalue weighted by molar-refractivity contribution is 7.89. The van der Waals surface area contributed by atoms with Gasteiger partial charge in [-0.2, -0.15) is 0 Å². The molecule has 0 unspecified atom stereocenters. The number of hydrogen-bond donors (Lipinski definition) is 3. The molecule has 1 fully saturated rings. The zero-order valence-electron chi connectivity index (χ0n) is 11.6. The molecule has 2 rings (SSSR count). The summed E-state index contributed by atoms with van der Waals surface area (Å²) in [6.07, 6.45) is 0.863. The number of sulfonamides is 1. The van der Waals surface area contributed by atoms with Crippen LogP contribution in [0.1, 0.15) is 23.2 Å². The molecule has 0 bridgehead atoms. The molecule has 7 nitrogen and oxygen atoms in total. The van der Waals surface area contributed by atoms with Crippen LogP contribution in [0.15, 0.2) is 23.1 Å². The van der Waals surface area contributed by atoms with Crippen LogP contribution in [0.25, 0.3) is 0 Å². The van der Waals surface area contributed by atoms with Gasteiger partial charge in [0.1, 0.15) is 4.90 Å². The number of hydrogen-bond acceptors (Lipinski definition) is 6. The minimum absolute atomic E-state index is 0.0148. The van der Waals surface area contributed by atoms with Gasteiger partial charge in [-0.3, -0.25) is 0 Å². The van der Waals surface area contributed by atoms with Crippen molar-refractivity contribution in [1.82, 2.24) is 4.72 Å². The first-order valence-corrected chi connectivity index (χ1v) is 7.97. The molecule has 1 aliphatic rings. The van der Waals surface area contributed by atoms with Crippen LogP contribution in [-0.4, -0.2) is 39.3 Å². The summed E-state index contributed by atoms with van der Waals surface area (Å²) in [5.74, 6) is -0.438. The largest absolute Gasteiger partial charge is 0.465 e. The summed E-state index contributed by atoms with van der Waals surface area (Å²) in [5.41, 5.74) is 5.88. The van der Waals surface area contributed by atoms with Crippen LogP contribution < -0.4 is 10.5 Å². The highest BCUT2D eigenvalue weighted by Crippen LogP contribution is 2.27. The van der Waals surface area contributed by atoms with E-state index < -0.39 is 16.0 Å². The van der Waals surface area contributed by atoms with Gasteiger partial charge in [-0.05, 0) is 37.0 Å². The Bertz CT molecular complexity index is 638. The van der Waals surface area contributed by atoms with E-state index in [9.17, 15) is 18.3 Å². The lowest BCUT2D eigenvalue weighted by atomic mass is 9.83. The van der Waals surface area contributed by atoms with E-state index >= 15 is 0 Å². The lowest BCUT2D eigenvalue weighted by Crippen LogP contribution is -2.38. The average Bonchev–Trinajstić information content (AvgIpc) is 2.41. The molecule has 4 N–H and O–H groups in total. The van der Waals surface area contributed by atoms with Gasteiger partial charge in [0.15, 0.2) is 0 Å². The topological polar surface area (TPSA) is 119 Å². The van der Waals surface area contributed by atoms with Crippen molar-refractivity contribution < 1.29 is 23.1 Å². The maximum atomic E-state index is 12.2. The molecule has 0 spiro atoms. The van der Waals surface area contributed by atoms with E-state index in [1.165, 1.54) is 25.3 Å². The smallest absolute Gasteiger partial charge is 0.337 e. The van der Waals surface area contributed by atoms with Crippen molar-refractivity contribution in [3.05, 3.63) is 23.8 Å². The second kappa shape index (κ2) is 6.00. The molecular formula is C13H18N2O5S. The number of nitrogen functional groups attached to an aromatic ring is 1. The molecule has 0 aromatic heterocycles. The maximum Gasteiger partial charge on any atom is 0.337 e. The predicted octanol–water partition coefficient (Wildman–Crippen LogP) is 0.105. The van der Waals surface area contributed by atoms with Crippen molar-refractivity contribution in [2.24, 2.45) is 5.92 Å². The second-order valence-corrected chi connectivity index (χ2v) is 6.82. The molecule has 21 heavy (non-hydrogen) atoms. The van der Waals surface area contributed by atoms with Crippen LogP contribution in [0.3, 0.4) is 0 Å². The number of nitrogens with two attached hydrogens (primary N) is 1. The molecule has 1 saturated carbocycles. The van der Waals surface area contributed by atoms with Crippen molar-refractivity contribution in [3.63, 3.8) is 0 Å². The Labute approximate surface area is 123 Å². The standard InChI is InChI=1S/C13H18N2O5S/c1-20-13(17)9-2-3-12(11(14)6-9)21(18,19)15-7-8-4-10(16)5-8/h2-3,6,8,10,15-16H,4-5,7,14H2,1H3. The van der Waals surface area contributed by atoms with Crippen molar-refractivity contribution in [3.8, 4) is 0 Å². The normalized spacial score (nSPS) is 21.6. The number of rotatable bonds is 5. The zero-order valence-corrected chi connectivity index (χ0v) is 12.4. The van der Waals surface area contributed by atoms with Crippen LogP contribution >= 0.6 is 0 Å². The Hall–Kier alpha value is -1.64. The summed E-state index contributed by atoms with van der Waals surface area (Å²) < 4.78 is 31.3. The number of ether oxygens (including phenoxy) is 1. The number of aliphatic hydroxyl groups is 1. The second-order valence-electron chi connectivity index (χ2n) is 5.09. The molecule has 8 heteroatoms. The van der Waals surface area contributed by atoms with Gasteiger partial charge in [0.05, 0.1) is 24.5 Å². The number of esters is 1. The van der Waals surface area contributed by atoms with E-state index in [-0.39, 0.29) is 34.7 Å². The van der Waals surface area contributed by atoms with E-state index in [1.54, 1.807) is 0 Å². The van der Waals surface area contributed by atoms with E-state index in [0.717, 1.165) is 0 Å². The maximum absolute atomic E-state index is 12.2. The minimum Gasteiger partial charge on any atom is -0.465 e. The molecule has 0 atom stereocenters. The van der Waals surface area contributed by atoms with E-state index in [0.29, 0.717) is 12.8 Å². The van der Waals surface area contributed by atoms with Gasteiger partial charge in [0.2, 0.25) is 10.0 Å². The summed E-state index contributed by atoms with van der Waals surface area (Å²) in [5, 5.41) is 9.17. The first kappa shape index (κ1) is 15.7. The molecule has 1 aromatic rings. The zero-order chi connectivity index (χ0) is 15.6. The fourth-order valence-corrected chi connectivity index (χ4v) is 3.44. The minimum atomic E-state index is -3.74. The van der Waals surface area contributed by atoms with Gasteiger partial charge in [-0.15, -0.1) is 0 Å². The molecule has 0 amide bonds. The Kier molecular flexibility index (Phi) is 4.50. The monoisotopic (exact) mass is 314 g/mol. The van der Waals surface area contributed by atoms with Crippen LogP contribution in [0, 0.1) is 5.92 Å². The molecule has 0 heterocycles. The molecule has 0 radical (unpaired) electrons. The number of anilines is 1. The Morgan fingerprint density at radius 3 is 2.67 bits per heavy atom. The van der Waals surface area contributed by atoms with Crippen LogP contribution in [0.5, 0.6) is 0 Å². The molecule has 116 valence electrons. The Morgan fingerprint density at radius 1 is 1.48 bits per heavy atom. The van der Waals surface area contributed by atoms with Gasteiger partial charge in [0, 0.05) is 6.54 Å². The van der Waals surface area contributed by atoms with Gasteiger partial charge in [-0.25, -0.2) is 17.9 Å². The SMILES string of the molecule is COC(=O)c1ccc(S(=O)(=O)NCC2CC(O)C2)c(N)c1. The molecule has 0 saturated heterocycles. The number of aliphatic hydroxyl groups excluding tert-OH is 1. The quantitative estimate of drug-likeness (QED) is 0.524. The van der Waals surface area contributed by atoms with Crippen molar-refractivity contribution in [1.29, 1.82) is 0 Å².